The van der Waals surface area contributed by atoms with Gasteiger partial charge in [-0.2, -0.15) is 0 Å². The number of fused-ring (bicyclic) bond motifs is 3. The molecule has 0 bridgehead atoms. The average Bonchev–Trinajstić information content (AvgIpc) is 3.04. The zero-order valence-electron chi connectivity index (χ0n) is 23.6. The lowest BCUT2D eigenvalue weighted by molar-refractivity contribution is 0.0455. The number of nitrogens with two attached hydrogens (primary N) is 1. The molecular weight excluding hydrogens is 576 g/mol. The van der Waals surface area contributed by atoms with E-state index in [9.17, 15) is 23.4 Å². The first-order valence-electron chi connectivity index (χ1n) is 14.9. The van der Waals surface area contributed by atoms with Crippen LogP contribution in [0.5, 0.6) is 5.75 Å². The molecule has 0 aromatic heterocycles. The van der Waals surface area contributed by atoms with Crippen molar-refractivity contribution >= 4 is 33.3 Å². The third kappa shape index (κ3) is 5.68. The van der Waals surface area contributed by atoms with Gasteiger partial charge < -0.3 is 19.8 Å². The van der Waals surface area contributed by atoms with E-state index < -0.39 is 27.3 Å². The number of aliphatic hydroxyl groups is 1. The van der Waals surface area contributed by atoms with Gasteiger partial charge in [0.05, 0.1) is 29.2 Å². The molecular formula is C32H39ClN2O6S. The Kier molecular flexibility index (Phi) is 8.06. The van der Waals surface area contributed by atoms with Crippen molar-refractivity contribution in [3.8, 4) is 5.75 Å². The van der Waals surface area contributed by atoms with Gasteiger partial charge >= 0.3 is 5.97 Å². The SMILES string of the molecule is NS(=O)(=O)[C@H]1CC[C@@H]1C/C=C/[C@H](O)[C@@H]1CC[C@H]1CN1C[C@@]2(CCCc3cc(Cl)ccc32)COc2ccc(C(=O)O)cc21. The van der Waals surface area contributed by atoms with Crippen molar-refractivity contribution in [1.29, 1.82) is 0 Å². The number of carbonyl (C=O) groups is 1. The van der Waals surface area contributed by atoms with E-state index in [1.807, 2.05) is 18.2 Å². The van der Waals surface area contributed by atoms with E-state index in [1.165, 1.54) is 11.1 Å². The zero-order chi connectivity index (χ0) is 29.6. The van der Waals surface area contributed by atoms with Crippen molar-refractivity contribution < 1.29 is 28.2 Å². The van der Waals surface area contributed by atoms with Crippen molar-refractivity contribution in [2.45, 2.75) is 68.1 Å². The van der Waals surface area contributed by atoms with Crippen molar-refractivity contribution in [2.75, 3.05) is 24.6 Å². The smallest absolute Gasteiger partial charge is 0.335 e. The van der Waals surface area contributed by atoms with Gasteiger partial charge in [-0.05, 0) is 111 Å². The number of aromatic carboxylic acids is 1. The summed E-state index contributed by atoms with van der Waals surface area (Å²) in [6.45, 7) is 1.86. The summed E-state index contributed by atoms with van der Waals surface area (Å²) < 4.78 is 29.9. The molecule has 1 heterocycles. The highest BCUT2D eigenvalue weighted by atomic mass is 35.5. The molecule has 1 aliphatic heterocycles. The Morgan fingerprint density at radius 1 is 1.17 bits per heavy atom. The maximum absolute atomic E-state index is 11.9. The molecule has 2 aromatic carbocycles. The summed E-state index contributed by atoms with van der Waals surface area (Å²) in [4.78, 5) is 14.2. The van der Waals surface area contributed by atoms with Crippen molar-refractivity contribution in [2.24, 2.45) is 22.9 Å². The Balaban J connectivity index is 1.23. The number of nitrogens with zero attached hydrogens (tertiary/aromatic N) is 1. The first-order valence-corrected chi connectivity index (χ1v) is 16.9. The third-order valence-corrected chi connectivity index (χ3v) is 11.9. The van der Waals surface area contributed by atoms with Crippen LogP contribution in [0.15, 0.2) is 48.6 Å². The number of rotatable bonds is 8. The highest BCUT2D eigenvalue weighted by molar-refractivity contribution is 7.89. The Labute approximate surface area is 252 Å². The standard InChI is InChI=1S/C32H39ClN2O6S/c33-24-9-11-26-21(15-24)4-2-14-32(26)18-35(27-16-22(31(37)38)7-12-29(27)41-19-32)17-23-6-10-25(23)28(36)5-1-3-20-8-13-30(20)42(34,39)40/h1,5,7,9,11-12,15-16,20,23,25,28,30,36H,2-4,6,8,10,13-14,17-19H2,(H,37,38)(H2,34,39,40)/b5-1+/t20-,23-,25+,28-,30-,32-/m0/s1. The summed E-state index contributed by atoms with van der Waals surface area (Å²) in [6, 6.07) is 11.2. The van der Waals surface area contributed by atoms with Crippen LogP contribution in [0.1, 0.15) is 66.4 Å². The topological polar surface area (TPSA) is 130 Å². The fourth-order valence-corrected chi connectivity index (χ4v) is 9.02. The second-order valence-corrected chi connectivity index (χ2v) is 14.9. The molecule has 0 radical (unpaired) electrons. The molecule has 4 aliphatic rings. The number of ether oxygens (including phenoxy) is 1. The van der Waals surface area contributed by atoms with Gasteiger partial charge in [0, 0.05) is 23.5 Å². The van der Waals surface area contributed by atoms with E-state index >= 15 is 0 Å². The van der Waals surface area contributed by atoms with Crippen LogP contribution in [-0.2, 0) is 21.9 Å². The minimum Gasteiger partial charge on any atom is -0.490 e. The number of hydrogen-bond acceptors (Lipinski definition) is 6. The molecule has 0 unspecified atom stereocenters. The fourth-order valence-electron chi connectivity index (χ4n) is 7.58. The zero-order valence-corrected chi connectivity index (χ0v) is 25.2. The average molecular weight is 615 g/mol. The molecule has 8 nitrogen and oxygen atoms in total. The van der Waals surface area contributed by atoms with E-state index in [0.29, 0.717) is 38.3 Å². The number of carboxylic acid groups (broad SMARTS) is 1. The first-order chi connectivity index (χ1) is 20.0. The highest BCUT2D eigenvalue weighted by Gasteiger charge is 2.44. The van der Waals surface area contributed by atoms with E-state index in [4.69, 9.17) is 21.5 Å². The number of halogens is 1. The summed E-state index contributed by atoms with van der Waals surface area (Å²) in [6.07, 6.45) is 9.95. The largest absolute Gasteiger partial charge is 0.490 e. The van der Waals surface area contributed by atoms with Crippen LogP contribution in [0.3, 0.4) is 0 Å². The number of allylic oxidation sites excluding steroid dienone is 1. The lowest BCUT2D eigenvalue weighted by Gasteiger charge is -2.45. The quantitative estimate of drug-likeness (QED) is 0.360. The summed E-state index contributed by atoms with van der Waals surface area (Å²) in [5, 5.41) is 26.4. The van der Waals surface area contributed by atoms with Gasteiger partial charge in [-0.25, -0.2) is 18.4 Å². The van der Waals surface area contributed by atoms with E-state index in [-0.39, 0.29) is 28.7 Å². The lowest BCUT2D eigenvalue weighted by atomic mass is 9.68. The van der Waals surface area contributed by atoms with Gasteiger partial charge in [0.2, 0.25) is 10.0 Å². The van der Waals surface area contributed by atoms with Crippen molar-refractivity contribution in [1.82, 2.24) is 0 Å². The van der Waals surface area contributed by atoms with E-state index in [0.717, 1.165) is 49.2 Å². The Morgan fingerprint density at radius 2 is 1.98 bits per heavy atom. The van der Waals surface area contributed by atoms with Crippen LogP contribution in [-0.4, -0.2) is 55.7 Å². The molecule has 1 spiro atoms. The van der Waals surface area contributed by atoms with Crippen LogP contribution in [0, 0.1) is 17.8 Å². The number of primary sulfonamides is 1. The van der Waals surface area contributed by atoms with Crippen molar-refractivity contribution in [3.63, 3.8) is 0 Å². The van der Waals surface area contributed by atoms with Crippen LogP contribution in [0.2, 0.25) is 5.02 Å². The molecule has 2 aromatic rings. The molecule has 3 aliphatic carbocycles. The Bertz CT molecular complexity index is 1500. The second-order valence-electron chi connectivity index (χ2n) is 12.7. The minimum atomic E-state index is -3.52. The molecule has 226 valence electrons. The highest BCUT2D eigenvalue weighted by Crippen LogP contribution is 2.47. The molecule has 4 N–H and O–H groups in total. The molecule has 6 rings (SSSR count). The molecule has 6 atom stereocenters. The predicted octanol–water partition coefficient (Wildman–Crippen LogP) is 4.91. The molecule has 42 heavy (non-hydrogen) atoms. The maximum atomic E-state index is 11.9. The van der Waals surface area contributed by atoms with Gasteiger partial charge in [-0.3, -0.25) is 0 Å². The van der Waals surface area contributed by atoms with Gasteiger partial charge in [0.15, 0.2) is 0 Å². The maximum Gasteiger partial charge on any atom is 0.335 e. The number of hydrogen-bond donors (Lipinski definition) is 3. The van der Waals surface area contributed by atoms with E-state index in [1.54, 1.807) is 18.2 Å². The van der Waals surface area contributed by atoms with Gasteiger partial charge in [0.25, 0.3) is 0 Å². The third-order valence-electron chi connectivity index (χ3n) is 10.2. The minimum absolute atomic E-state index is 0.0158. The Hall–Kier alpha value is -2.59. The Morgan fingerprint density at radius 3 is 2.67 bits per heavy atom. The van der Waals surface area contributed by atoms with Gasteiger partial charge in [0.1, 0.15) is 5.75 Å². The van der Waals surface area contributed by atoms with Gasteiger partial charge in [-0.1, -0.05) is 29.8 Å². The number of carboxylic acids is 1. The number of sulfonamides is 1. The van der Waals surface area contributed by atoms with Crippen LogP contribution in [0.25, 0.3) is 0 Å². The molecule has 0 saturated heterocycles. The number of aliphatic hydroxyl groups excluding tert-OH is 1. The second kappa shape index (κ2) is 11.5. The van der Waals surface area contributed by atoms with Crippen LogP contribution in [0.4, 0.5) is 5.69 Å². The summed E-state index contributed by atoms with van der Waals surface area (Å²) in [5.74, 6) is 0.00419. The summed E-state index contributed by atoms with van der Waals surface area (Å²) in [5.41, 5.74) is 3.23. The summed E-state index contributed by atoms with van der Waals surface area (Å²) >= 11 is 6.36. The van der Waals surface area contributed by atoms with Crippen molar-refractivity contribution in [3.05, 3.63) is 70.3 Å². The molecule has 10 heteroatoms. The predicted molar refractivity (Wildman–Crippen MR) is 163 cm³/mol. The number of anilines is 1. The number of benzene rings is 2. The molecule has 0 amide bonds. The fraction of sp³-hybridized carbons (Fsp3) is 0.531. The monoisotopic (exact) mass is 614 g/mol. The van der Waals surface area contributed by atoms with Gasteiger partial charge in [-0.15, -0.1) is 0 Å². The number of aryl methyl sites for hydroxylation is 1. The van der Waals surface area contributed by atoms with Crippen LogP contribution >= 0.6 is 11.6 Å². The lowest BCUT2D eigenvalue weighted by Crippen LogP contribution is -2.49. The van der Waals surface area contributed by atoms with E-state index in [2.05, 4.69) is 17.0 Å². The molecule has 2 saturated carbocycles. The summed E-state index contributed by atoms with van der Waals surface area (Å²) in [7, 11) is -3.52. The molecule has 2 fully saturated rings. The normalized spacial score (nSPS) is 29.5. The first kappa shape index (κ1) is 29.5. The van der Waals surface area contributed by atoms with Crippen LogP contribution < -0.4 is 14.8 Å².